The predicted octanol–water partition coefficient (Wildman–Crippen LogP) is 11.8. The van der Waals surface area contributed by atoms with Gasteiger partial charge < -0.3 is 5.32 Å². The van der Waals surface area contributed by atoms with E-state index in [4.69, 9.17) is 0 Å². The van der Waals surface area contributed by atoms with Gasteiger partial charge in [-0.05, 0) is 89.8 Å². The average Bonchev–Trinajstić information content (AvgIpc) is 3.53. The molecule has 0 saturated heterocycles. The van der Waals surface area contributed by atoms with Crippen LogP contribution in [0.3, 0.4) is 0 Å². The normalized spacial score (nSPS) is 14.4. The molecule has 0 spiro atoms. The molecule has 0 bridgehead atoms. The van der Waals surface area contributed by atoms with Gasteiger partial charge in [-0.3, -0.25) is 0 Å². The summed E-state index contributed by atoms with van der Waals surface area (Å²) in [5.41, 5.74) is 7.51. The van der Waals surface area contributed by atoms with Gasteiger partial charge in [0.25, 0.3) is 0 Å². The van der Waals surface area contributed by atoms with Crippen molar-refractivity contribution in [2.75, 3.05) is 5.32 Å². The van der Waals surface area contributed by atoms with Gasteiger partial charge in [-0.25, -0.2) is 0 Å². The fraction of sp³-hybridized carbons (Fsp3) is 0.0244. The summed E-state index contributed by atoms with van der Waals surface area (Å²) >= 11 is 1.92. The van der Waals surface area contributed by atoms with Crippen LogP contribution in [-0.2, 0) is 0 Å². The second kappa shape index (κ2) is 9.76. The highest BCUT2D eigenvalue weighted by Crippen LogP contribution is 2.51. The van der Waals surface area contributed by atoms with Crippen molar-refractivity contribution in [3.05, 3.63) is 157 Å². The first-order valence-corrected chi connectivity index (χ1v) is 15.7. The lowest BCUT2D eigenvalue weighted by Gasteiger charge is -2.13. The van der Waals surface area contributed by atoms with Crippen molar-refractivity contribution >= 4 is 60.5 Å². The Kier molecular flexibility index (Phi) is 5.57. The van der Waals surface area contributed by atoms with E-state index in [-0.39, 0.29) is 5.37 Å². The second-order valence-corrected chi connectivity index (χ2v) is 12.5. The lowest BCUT2D eigenvalue weighted by Crippen LogP contribution is -2.00. The first-order chi connectivity index (χ1) is 21.3. The molecule has 0 fully saturated rings. The number of rotatable bonds is 3. The van der Waals surface area contributed by atoms with E-state index < -0.39 is 0 Å². The van der Waals surface area contributed by atoms with Crippen LogP contribution in [0.1, 0.15) is 10.9 Å². The van der Waals surface area contributed by atoms with E-state index in [0.29, 0.717) is 0 Å². The van der Waals surface area contributed by atoms with Crippen molar-refractivity contribution < 1.29 is 0 Å². The van der Waals surface area contributed by atoms with Crippen LogP contribution >= 0.6 is 11.8 Å². The molecule has 1 nitrogen and oxygen atoms in total. The highest BCUT2D eigenvalue weighted by Gasteiger charge is 2.25. The number of benzene rings is 8. The van der Waals surface area contributed by atoms with Crippen LogP contribution in [0.5, 0.6) is 0 Å². The Morgan fingerprint density at radius 1 is 0.442 bits per heavy atom. The largest absolute Gasteiger partial charge is 0.368 e. The SMILES string of the molecule is c1ccc(C2Nc3ccc4ccc5cc(-c6cccc(-c7cc8ccccc8c8ccccc78)c6)ccc5c4c3S2)cc1. The summed E-state index contributed by atoms with van der Waals surface area (Å²) in [5.74, 6) is 0. The summed E-state index contributed by atoms with van der Waals surface area (Å²) in [5, 5.41) is 14.3. The molecule has 8 aromatic carbocycles. The quantitative estimate of drug-likeness (QED) is 0.214. The Morgan fingerprint density at radius 3 is 2.05 bits per heavy atom. The highest BCUT2D eigenvalue weighted by atomic mass is 32.2. The Balaban J connectivity index is 1.15. The molecule has 0 aliphatic carbocycles. The molecule has 1 unspecified atom stereocenters. The molecule has 1 atom stereocenters. The van der Waals surface area contributed by atoms with Crippen LogP contribution in [0.25, 0.3) is 65.3 Å². The smallest absolute Gasteiger partial charge is 0.103 e. The van der Waals surface area contributed by atoms with Crippen molar-refractivity contribution in [3.63, 3.8) is 0 Å². The second-order valence-electron chi connectivity index (χ2n) is 11.4. The molecule has 0 radical (unpaired) electrons. The van der Waals surface area contributed by atoms with E-state index in [2.05, 4.69) is 157 Å². The minimum Gasteiger partial charge on any atom is -0.368 e. The van der Waals surface area contributed by atoms with Crippen molar-refractivity contribution in [1.82, 2.24) is 0 Å². The summed E-state index contributed by atoms with van der Waals surface area (Å²) in [6.45, 7) is 0. The van der Waals surface area contributed by atoms with Gasteiger partial charge in [-0.15, -0.1) is 0 Å². The molecule has 8 aromatic rings. The predicted molar refractivity (Wildman–Crippen MR) is 186 cm³/mol. The molecular formula is C41H27NS. The third kappa shape index (κ3) is 4.02. The molecule has 0 aromatic heterocycles. The van der Waals surface area contributed by atoms with Crippen LogP contribution in [-0.4, -0.2) is 0 Å². The fourth-order valence-corrected chi connectivity index (χ4v) is 8.08. The van der Waals surface area contributed by atoms with E-state index in [9.17, 15) is 0 Å². The topological polar surface area (TPSA) is 12.0 Å². The van der Waals surface area contributed by atoms with Crippen LogP contribution in [0.2, 0.25) is 0 Å². The number of hydrogen-bond donors (Lipinski definition) is 1. The van der Waals surface area contributed by atoms with E-state index >= 15 is 0 Å². The number of anilines is 1. The van der Waals surface area contributed by atoms with Crippen molar-refractivity contribution in [2.45, 2.75) is 10.3 Å². The lowest BCUT2D eigenvalue weighted by molar-refractivity contribution is 1.14. The van der Waals surface area contributed by atoms with Crippen LogP contribution in [0.4, 0.5) is 5.69 Å². The Bertz CT molecular complexity index is 2360. The molecule has 1 heterocycles. The molecule has 0 amide bonds. The van der Waals surface area contributed by atoms with Crippen LogP contribution in [0, 0.1) is 0 Å². The number of fused-ring (bicyclic) bond motifs is 8. The maximum Gasteiger partial charge on any atom is 0.103 e. The number of nitrogens with one attached hydrogen (secondary N) is 1. The molecule has 2 heteroatoms. The third-order valence-corrected chi connectivity index (χ3v) is 10.1. The van der Waals surface area contributed by atoms with Crippen molar-refractivity contribution in [1.29, 1.82) is 0 Å². The number of hydrogen-bond acceptors (Lipinski definition) is 2. The molecule has 0 saturated carbocycles. The summed E-state index contributed by atoms with van der Waals surface area (Å²) in [6.07, 6.45) is 0. The van der Waals surface area contributed by atoms with Crippen LogP contribution in [0.15, 0.2) is 157 Å². The molecule has 202 valence electrons. The summed E-state index contributed by atoms with van der Waals surface area (Å²) < 4.78 is 0. The van der Waals surface area contributed by atoms with Gasteiger partial charge in [0.1, 0.15) is 5.37 Å². The maximum atomic E-state index is 3.75. The Hall–Kier alpha value is -5.05. The minimum atomic E-state index is 0.227. The van der Waals surface area contributed by atoms with Gasteiger partial charge in [-0.2, -0.15) is 0 Å². The van der Waals surface area contributed by atoms with Crippen molar-refractivity contribution in [2.24, 2.45) is 0 Å². The first kappa shape index (κ1) is 24.5. The van der Waals surface area contributed by atoms with Crippen molar-refractivity contribution in [3.8, 4) is 22.3 Å². The zero-order valence-corrected chi connectivity index (χ0v) is 24.2. The standard InChI is InChI=1S/C41H27NS/c1-2-9-27(10-3-1)41-42-38-22-20-26-17-18-32-24-29(19-21-34(32)39(26)40(38)43-41)28-12-8-13-30(23-28)37-25-31-11-4-5-14-33(31)35-15-6-7-16-36(35)37/h1-25,41-42H. The van der Waals surface area contributed by atoms with Crippen LogP contribution < -0.4 is 5.32 Å². The lowest BCUT2D eigenvalue weighted by atomic mass is 9.91. The minimum absolute atomic E-state index is 0.227. The molecular weight excluding hydrogens is 539 g/mol. The summed E-state index contributed by atoms with van der Waals surface area (Å²) in [7, 11) is 0. The van der Waals surface area contributed by atoms with E-state index in [1.54, 1.807) is 0 Å². The molecule has 1 aliphatic rings. The zero-order valence-electron chi connectivity index (χ0n) is 23.4. The maximum absolute atomic E-state index is 3.75. The van der Waals surface area contributed by atoms with Gasteiger partial charge in [0.15, 0.2) is 0 Å². The fourth-order valence-electron chi connectivity index (χ4n) is 6.77. The van der Waals surface area contributed by atoms with Gasteiger partial charge >= 0.3 is 0 Å². The molecule has 1 aliphatic heterocycles. The highest BCUT2D eigenvalue weighted by molar-refractivity contribution is 8.00. The average molecular weight is 566 g/mol. The van der Waals surface area contributed by atoms with Gasteiger partial charge in [0, 0.05) is 16.0 Å². The van der Waals surface area contributed by atoms with Gasteiger partial charge in [-0.1, -0.05) is 139 Å². The zero-order chi connectivity index (χ0) is 28.3. The summed E-state index contributed by atoms with van der Waals surface area (Å²) in [6, 6.07) is 55.6. The number of thioether (sulfide) groups is 1. The Morgan fingerprint density at radius 2 is 1.14 bits per heavy atom. The summed E-state index contributed by atoms with van der Waals surface area (Å²) in [4.78, 5) is 1.34. The van der Waals surface area contributed by atoms with Gasteiger partial charge in [0.2, 0.25) is 0 Å². The first-order valence-electron chi connectivity index (χ1n) is 14.8. The Labute approximate surface area is 254 Å². The molecule has 43 heavy (non-hydrogen) atoms. The monoisotopic (exact) mass is 565 g/mol. The van der Waals surface area contributed by atoms with Gasteiger partial charge in [0.05, 0.1) is 0 Å². The molecule has 9 rings (SSSR count). The van der Waals surface area contributed by atoms with E-state index in [1.165, 1.54) is 81.5 Å². The third-order valence-electron chi connectivity index (χ3n) is 8.85. The van der Waals surface area contributed by atoms with E-state index in [1.807, 2.05) is 11.8 Å². The molecule has 1 N–H and O–H groups in total. The van der Waals surface area contributed by atoms with E-state index in [0.717, 1.165) is 0 Å².